The van der Waals surface area contributed by atoms with Crippen molar-refractivity contribution in [3.8, 4) is 0 Å². The predicted molar refractivity (Wildman–Crippen MR) is 87.6 cm³/mol. The first-order chi connectivity index (χ1) is 10.2. The summed E-state index contributed by atoms with van der Waals surface area (Å²) in [7, 11) is 0. The van der Waals surface area contributed by atoms with Crippen molar-refractivity contribution in [1.29, 1.82) is 0 Å². The molecule has 2 heterocycles. The van der Waals surface area contributed by atoms with Gasteiger partial charge in [-0.25, -0.2) is 0 Å². The summed E-state index contributed by atoms with van der Waals surface area (Å²) in [6.07, 6.45) is 0.984. The number of aryl methyl sites for hydroxylation is 1. The molecule has 0 saturated heterocycles. The summed E-state index contributed by atoms with van der Waals surface area (Å²) in [5.41, 5.74) is 9.19. The lowest BCUT2D eigenvalue weighted by Crippen LogP contribution is -2.23. The second-order valence-corrected chi connectivity index (χ2v) is 5.90. The van der Waals surface area contributed by atoms with Crippen molar-refractivity contribution in [2.24, 2.45) is 0 Å². The van der Waals surface area contributed by atoms with E-state index in [0.717, 1.165) is 17.3 Å². The Balaban J connectivity index is 1.76. The average Bonchev–Trinajstić information content (AvgIpc) is 3.11. The van der Waals surface area contributed by atoms with Crippen molar-refractivity contribution in [3.05, 3.63) is 51.8 Å². The van der Waals surface area contributed by atoms with Crippen molar-refractivity contribution in [2.75, 3.05) is 5.73 Å². The highest BCUT2D eigenvalue weighted by atomic mass is 32.1. The minimum Gasteiger partial charge on any atom is -0.397 e. The molecule has 3 rings (SSSR count). The lowest BCUT2D eigenvalue weighted by molar-refractivity contribution is 0.0947. The van der Waals surface area contributed by atoms with Crippen molar-refractivity contribution in [3.63, 3.8) is 0 Å². The number of hydrogen-bond donors (Lipinski definition) is 3. The normalized spacial score (nSPS) is 10.9. The molecular formula is C16H17N3OS. The Morgan fingerprint density at radius 1 is 1.38 bits per heavy atom. The van der Waals surface area contributed by atoms with Gasteiger partial charge in [-0.3, -0.25) is 4.79 Å². The fourth-order valence-corrected chi connectivity index (χ4v) is 3.31. The predicted octanol–water partition coefficient (Wildman–Crippen LogP) is 3.30. The highest BCUT2D eigenvalue weighted by Gasteiger charge is 2.11. The largest absolute Gasteiger partial charge is 0.397 e. The van der Waals surface area contributed by atoms with E-state index in [1.165, 1.54) is 10.4 Å². The second kappa shape index (κ2) is 5.61. The van der Waals surface area contributed by atoms with E-state index >= 15 is 0 Å². The first-order valence-corrected chi connectivity index (χ1v) is 7.77. The summed E-state index contributed by atoms with van der Waals surface area (Å²) in [5.74, 6) is -0.110. The highest BCUT2D eigenvalue weighted by Crippen LogP contribution is 2.21. The number of aromatic nitrogens is 1. The number of benzene rings is 1. The fourth-order valence-electron chi connectivity index (χ4n) is 2.39. The third-order valence-corrected chi connectivity index (χ3v) is 4.52. The molecule has 0 saturated carbocycles. The number of nitrogens with one attached hydrogen (secondary N) is 2. The molecule has 4 nitrogen and oxygen atoms in total. The molecule has 21 heavy (non-hydrogen) atoms. The van der Waals surface area contributed by atoms with Gasteiger partial charge in [0.25, 0.3) is 5.91 Å². The summed E-state index contributed by atoms with van der Waals surface area (Å²) in [6, 6.07) is 9.57. The van der Waals surface area contributed by atoms with Gasteiger partial charge in [0.15, 0.2) is 0 Å². The molecule has 0 aliphatic rings. The number of carbonyl (C=O) groups excluding carboxylic acids is 1. The average molecular weight is 299 g/mol. The summed E-state index contributed by atoms with van der Waals surface area (Å²) >= 11 is 1.67. The Morgan fingerprint density at radius 3 is 3.00 bits per heavy atom. The molecule has 0 fully saturated rings. The second-order valence-electron chi connectivity index (χ2n) is 4.90. The van der Waals surface area contributed by atoms with E-state index in [2.05, 4.69) is 28.7 Å². The van der Waals surface area contributed by atoms with E-state index < -0.39 is 0 Å². The zero-order chi connectivity index (χ0) is 14.8. The smallest absolute Gasteiger partial charge is 0.268 e. The van der Waals surface area contributed by atoms with E-state index in [1.807, 2.05) is 24.3 Å². The minimum absolute atomic E-state index is 0.110. The maximum absolute atomic E-state index is 12.2. The SMILES string of the molecule is CCc1ccsc1CNC(=O)c1cc2cccc(N)c2[nH]1. The summed E-state index contributed by atoms with van der Waals surface area (Å²) in [6.45, 7) is 2.68. The Bertz CT molecular complexity index is 788. The minimum atomic E-state index is -0.110. The molecule has 5 heteroatoms. The molecule has 0 unspecified atom stereocenters. The Hall–Kier alpha value is -2.27. The van der Waals surface area contributed by atoms with E-state index in [-0.39, 0.29) is 5.91 Å². The van der Waals surface area contributed by atoms with Crippen LogP contribution >= 0.6 is 11.3 Å². The van der Waals surface area contributed by atoms with Crippen LogP contribution in [0.2, 0.25) is 0 Å². The van der Waals surface area contributed by atoms with Gasteiger partial charge in [-0.05, 0) is 35.6 Å². The molecule has 4 N–H and O–H groups in total. The molecule has 0 bridgehead atoms. The molecule has 1 amide bonds. The molecule has 1 aromatic carbocycles. The summed E-state index contributed by atoms with van der Waals surface area (Å²) in [5, 5.41) is 5.96. The van der Waals surface area contributed by atoms with Gasteiger partial charge in [-0.15, -0.1) is 11.3 Å². The Kier molecular flexibility index (Phi) is 3.66. The van der Waals surface area contributed by atoms with Crippen LogP contribution in [0.1, 0.15) is 27.9 Å². The number of carbonyl (C=O) groups is 1. The van der Waals surface area contributed by atoms with Crippen molar-refractivity contribution in [1.82, 2.24) is 10.3 Å². The van der Waals surface area contributed by atoms with Crippen molar-refractivity contribution < 1.29 is 4.79 Å². The number of nitrogens with two attached hydrogens (primary N) is 1. The van der Waals surface area contributed by atoms with Crippen LogP contribution < -0.4 is 11.1 Å². The van der Waals surface area contributed by atoms with E-state index in [1.54, 1.807) is 11.3 Å². The Labute approximate surface area is 127 Å². The standard InChI is InChI=1S/C16H17N3OS/c1-2-10-6-7-21-14(10)9-18-16(20)13-8-11-4-3-5-12(17)15(11)19-13/h3-8,19H,2,9,17H2,1H3,(H,18,20). The summed E-state index contributed by atoms with van der Waals surface area (Å²) < 4.78 is 0. The fraction of sp³-hybridized carbons (Fsp3) is 0.188. The third-order valence-electron chi connectivity index (χ3n) is 3.56. The van der Waals surface area contributed by atoms with Gasteiger partial charge in [0, 0.05) is 10.3 Å². The lowest BCUT2D eigenvalue weighted by atomic mass is 10.2. The molecule has 3 aromatic rings. The quantitative estimate of drug-likeness (QED) is 0.647. The molecule has 0 aliphatic carbocycles. The monoisotopic (exact) mass is 299 g/mol. The number of H-pyrrole nitrogens is 1. The van der Waals surface area contributed by atoms with Crippen LogP contribution in [-0.4, -0.2) is 10.9 Å². The maximum atomic E-state index is 12.2. The van der Waals surface area contributed by atoms with Gasteiger partial charge in [-0.1, -0.05) is 19.1 Å². The molecule has 0 aliphatic heterocycles. The molecule has 0 radical (unpaired) electrons. The van der Waals surface area contributed by atoms with Crippen molar-refractivity contribution in [2.45, 2.75) is 19.9 Å². The molecule has 0 spiro atoms. The van der Waals surface area contributed by atoms with Crippen LogP contribution in [0.3, 0.4) is 0 Å². The van der Waals surface area contributed by atoms with Crippen LogP contribution in [0.4, 0.5) is 5.69 Å². The van der Waals surface area contributed by atoms with Crippen LogP contribution in [-0.2, 0) is 13.0 Å². The molecule has 2 aromatic heterocycles. The number of fused-ring (bicyclic) bond motifs is 1. The van der Waals surface area contributed by atoms with Gasteiger partial charge in [0.1, 0.15) is 5.69 Å². The van der Waals surface area contributed by atoms with Crippen LogP contribution in [0.15, 0.2) is 35.7 Å². The van der Waals surface area contributed by atoms with E-state index in [9.17, 15) is 4.79 Å². The number of thiophene rings is 1. The number of rotatable bonds is 4. The topological polar surface area (TPSA) is 70.9 Å². The maximum Gasteiger partial charge on any atom is 0.268 e. The van der Waals surface area contributed by atoms with E-state index in [4.69, 9.17) is 5.73 Å². The number of aromatic amines is 1. The lowest BCUT2D eigenvalue weighted by Gasteiger charge is -2.04. The van der Waals surface area contributed by atoms with E-state index in [0.29, 0.717) is 17.9 Å². The van der Waals surface area contributed by atoms with Gasteiger partial charge >= 0.3 is 0 Å². The van der Waals surface area contributed by atoms with Crippen LogP contribution in [0, 0.1) is 0 Å². The van der Waals surface area contributed by atoms with Gasteiger partial charge in [0.2, 0.25) is 0 Å². The molecule has 0 atom stereocenters. The number of anilines is 1. The van der Waals surface area contributed by atoms with Crippen molar-refractivity contribution >= 4 is 33.8 Å². The highest BCUT2D eigenvalue weighted by molar-refractivity contribution is 7.10. The number of para-hydroxylation sites is 1. The summed E-state index contributed by atoms with van der Waals surface area (Å²) in [4.78, 5) is 16.5. The number of nitrogen functional groups attached to an aromatic ring is 1. The molecular weight excluding hydrogens is 282 g/mol. The number of amides is 1. The first kappa shape index (κ1) is 13.7. The zero-order valence-corrected chi connectivity index (χ0v) is 12.6. The van der Waals surface area contributed by atoms with Crippen LogP contribution in [0.5, 0.6) is 0 Å². The first-order valence-electron chi connectivity index (χ1n) is 6.89. The molecule has 108 valence electrons. The Morgan fingerprint density at radius 2 is 2.24 bits per heavy atom. The van der Waals surface area contributed by atoms with Gasteiger partial charge in [0.05, 0.1) is 17.7 Å². The number of hydrogen-bond acceptors (Lipinski definition) is 3. The van der Waals surface area contributed by atoms with Crippen LogP contribution in [0.25, 0.3) is 10.9 Å². The van der Waals surface area contributed by atoms with Gasteiger partial charge in [-0.2, -0.15) is 0 Å². The van der Waals surface area contributed by atoms with Gasteiger partial charge < -0.3 is 16.0 Å². The third kappa shape index (κ3) is 2.64. The zero-order valence-electron chi connectivity index (χ0n) is 11.8.